The predicted octanol–water partition coefficient (Wildman–Crippen LogP) is 24.7. The molecule has 0 aliphatic heterocycles. The summed E-state index contributed by atoms with van der Waals surface area (Å²) in [5.41, 5.74) is 0. The molecule has 2 unspecified atom stereocenters. The molecule has 110 heavy (non-hydrogen) atoms. The summed E-state index contributed by atoms with van der Waals surface area (Å²) in [6.07, 6.45) is 101. The maximum absolute atomic E-state index is 13.1. The minimum atomic E-state index is -5.02. The topological polar surface area (TPSA) is 237 Å². The van der Waals surface area contributed by atoms with Gasteiger partial charge in [0.05, 0.1) is 26.4 Å². The number of hydrogen-bond donors (Lipinski definition) is 3. The molecule has 620 valence electrons. The lowest BCUT2D eigenvalue weighted by Gasteiger charge is -2.21. The quantitative estimate of drug-likeness (QED) is 0.0169. The van der Waals surface area contributed by atoms with Crippen molar-refractivity contribution in [2.45, 2.75) is 303 Å². The van der Waals surface area contributed by atoms with Crippen LogP contribution in [0.25, 0.3) is 0 Å². The summed E-state index contributed by atoms with van der Waals surface area (Å²) < 4.78 is 68.5. The average molecular weight is 1570 g/mol. The number of carbonyl (C=O) groups is 4. The summed E-state index contributed by atoms with van der Waals surface area (Å²) in [5.74, 6) is -2.43. The van der Waals surface area contributed by atoms with Crippen molar-refractivity contribution in [3.63, 3.8) is 0 Å². The molecule has 3 N–H and O–H groups in total. The lowest BCUT2D eigenvalue weighted by Crippen LogP contribution is -2.30. The van der Waals surface area contributed by atoms with Crippen molar-refractivity contribution in [1.82, 2.24) is 0 Å². The Bertz CT molecular complexity index is 2900. The van der Waals surface area contributed by atoms with Crippen molar-refractivity contribution in [1.29, 1.82) is 0 Å². The molecular weight excluding hydrogens is 1430 g/mol. The molecule has 0 saturated carbocycles. The smallest absolute Gasteiger partial charge is 0.462 e. The Labute approximate surface area is 665 Å². The third kappa shape index (κ3) is 79.7. The molecule has 0 heterocycles. The SMILES string of the molecule is CC/C=C\C/C=C\C/C=C\C/C=C\C/C=C\C/C=C\CCC(=O)OC[C@H](COP(=O)(O)OC[C@@H](O)COP(=O)(O)OC[C@@H](COC(=O)CCCCC/C=C\C/C=C\C/C=C\C/C=C\C/C=C\CC)OC(=O)CC/C=C\C/C=C\C/C=C\C/C=C\C/C=C\C/C=C\CC)OC(=O)CCCCCCCCCCCCCCC. The van der Waals surface area contributed by atoms with E-state index in [1.165, 1.54) is 51.4 Å². The number of rotatable bonds is 75. The van der Waals surface area contributed by atoms with Gasteiger partial charge in [0.15, 0.2) is 12.2 Å². The van der Waals surface area contributed by atoms with Gasteiger partial charge in [-0.1, -0.05) is 318 Å². The van der Waals surface area contributed by atoms with E-state index in [0.717, 1.165) is 141 Å². The first-order chi connectivity index (χ1) is 53.7. The predicted molar refractivity (Wildman–Crippen MR) is 454 cm³/mol. The molecule has 0 aromatic rings. The molecular formula is C91H144O17P2. The number of esters is 4. The van der Waals surface area contributed by atoms with E-state index >= 15 is 0 Å². The van der Waals surface area contributed by atoms with Crippen molar-refractivity contribution in [3.05, 3.63) is 207 Å². The van der Waals surface area contributed by atoms with Crippen LogP contribution >= 0.6 is 15.6 Å². The van der Waals surface area contributed by atoms with Gasteiger partial charge in [0.25, 0.3) is 0 Å². The van der Waals surface area contributed by atoms with Crippen molar-refractivity contribution >= 4 is 39.5 Å². The van der Waals surface area contributed by atoms with Crippen molar-refractivity contribution in [2.24, 2.45) is 0 Å². The zero-order valence-corrected chi connectivity index (χ0v) is 69.6. The molecule has 0 bridgehead atoms. The van der Waals surface area contributed by atoms with E-state index in [1.807, 2.05) is 36.5 Å². The summed E-state index contributed by atoms with van der Waals surface area (Å²) in [7, 11) is -10.0. The number of phosphoric acid groups is 2. The number of hydrogen-bond acceptors (Lipinski definition) is 15. The number of carbonyl (C=O) groups excluding carboxylic acids is 4. The minimum absolute atomic E-state index is 0.0282. The summed E-state index contributed by atoms with van der Waals surface area (Å²) in [6.45, 7) is 4.30. The van der Waals surface area contributed by atoms with Crippen LogP contribution in [0.1, 0.15) is 285 Å². The van der Waals surface area contributed by atoms with E-state index in [-0.39, 0.29) is 25.7 Å². The van der Waals surface area contributed by atoms with Gasteiger partial charge in [-0.25, -0.2) is 9.13 Å². The fourth-order valence-electron chi connectivity index (χ4n) is 10.1. The van der Waals surface area contributed by atoms with E-state index in [9.17, 15) is 43.2 Å². The van der Waals surface area contributed by atoms with Gasteiger partial charge >= 0.3 is 39.5 Å². The fraction of sp³-hybridized carbons (Fsp3) is 0.582. The highest BCUT2D eigenvalue weighted by molar-refractivity contribution is 7.47. The van der Waals surface area contributed by atoms with E-state index < -0.39 is 97.5 Å². The van der Waals surface area contributed by atoms with Gasteiger partial charge in [-0.15, -0.1) is 0 Å². The van der Waals surface area contributed by atoms with E-state index in [4.69, 9.17) is 37.0 Å². The van der Waals surface area contributed by atoms with Crippen molar-refractivity contribution in [2.75, 3.05) is 39.6 Å². The highest BCUT2D eigenvalue weighted by Gasteiger charge is 2.30. The highest BCUT2D eigenvalue weighted by Crippen LogP contribution is 2.45. The zero-order valence-electron chi connectivity index (χ0n) is 67.8. The van der Waals surface area contributed by atoms with E-state index in [2.05, 4.69) is 198 Å². The van der Waals surface area contributed by atoms with Crippen LogP contribution < -0.4 is 0 Å². The monoisotopic (exact) mass is 1570 g/mol. The third-order valence-corrected chi connectivity index (χ3v) is 18.2. The largest absolute Gasteiger partial charge is 0.472 e. The van der Waals surface area contributed by atoms with Gasteiger partial charge in [-0.3, -0.25) is 37.3 Å². The lowest BCUT2D eigenvalue weighted by molar-refractivity contribution is -0.161. The van der Waals surface area contributed by atoms with E-state index in [0.29, 0.717) is 38.5 Å². The Morgan fingerprint density at radius 2 is 0.491 bits per heavy atom. The molecule has 0 aromatic heterocycles. The molecule has 0 aliphatic rings. The molecule has 0 radical (unpaired) electrons. The Balaban J connectivity index is 5.55. The highest BCUT2D eigenvalue weighted by atomic mass is 31.2. The third-order valence-electron chi connectivity index (χ3n) is 16.3. The maximum atomic E-state index is 13.1. The van der Waals surface area contributed by atoms with Gasteiger partial charge in [-0.2, -0.15) is 0 Å². The maximum Gasteiger partial charge on any atom is 0.472 e. The standard InChI is InChI=1S/C91H144O17P2/c1-5-9-13-17-21-25-29-33-36-39-42-45-48-52-55-59-63-67-71-75-88(93)101-81-86(107-90(95)77-73-69-65-61-57-51-32-28-24-20-16-12-8-4)83-105-109(97,98)103-79-85(92)80-104-110(99,100)106-84-87(108-91(96)78-74-70-66-62-58-54-50-47-44-41-38-35-31-27-23-19-15-11-7-3)82-102-89(94)76-72-68-64-60-56-53-49-46-43-40-37-34-30-26-22-18-14-10-6-2/h9-11,13-15,21-23,25-27,33-38,42-47,52-56,58,63,66-67,70,85-87,92H,5-8,12,16-20,24,28-32,39-41,48-51,57,59-62,64-65,68-69,71-84H2,1-4H3,(H,97,98)(H,99,100)/b13-9-,14-10-,15-11-,25-21-,26-22-,27-23-,36-33-,37-34-,38-35-,45-42-,46-43-,47-44-,55-52-,56-53-,58-54-,67-63-,70-66-/t85-,86-,87-/m1/s1. The second-order valence-electron chi connectivity index (χ2n) is 26.6. The Morgan fingerprint density at radius 3 is 0.800 bits per heavy atom. The van der Waals surface area contributed by atoms with Crippen LogP contribution in [0.3, 0.4) is 0 Å². The Kier molecular flexibility index (Phi) is 76.0. The van der Waals surface area contributed by atoms with Crippen LogP contribution in [0.2, 0.25) is 0 Å². The van der Waals surface area contributed by atoms with E-state index in [1.54, 1.807) is 0 Å². The zero-order chi connectivity index (χ0) is 80.3. The molecule has 0 fully saturated rings. The molecule has 19 heteroatoms. The van der Waals surface area contributed by atoms with Crippen molar-refractivity contribution in [3.8, 4) is 0 Å². The summed E-state index contributed by atoms with van der Waals surface area (Å²) in [5, 5.41) is 10.7. The summed E-state index contributed by atoms with van der Waals surface area (Å²) >= 11 is 0. The van der Waals surface area contributed by atoms with Crippen LogP contribution in [0.15, 0.2) is 207 Å². The molecule has 0 aromatic carbocycles. The number of unbranched alkanes of at least 4 members (excludes halogenated alkanes) is 15. The molecule has 0 aliphatic carbocycles. The molecule has 5 atom stereocenters. The van der Waals surface area contributed by atoms with Gasteiger partial charge in [0.1, 0.15) is 19.3 Å². The number of allylic oxidation sites excluding steroid dienone is 34. The molecule has 0 amide bonds. The molecule has 0 saturated heterocycles. The average Bonchev–Trinajstić information content (AvgIpc) is 0.942. The van der Waals surface area contributed by atoms with Crippen LogP contribution in [0.4, 0.5) is 0 Å². The van der Waals surface area contributed by atoms with Crippen LogP contribution in [0.5, 0.6) is 0 Å². The van der Waals surface area contributed by atoms with Gasteiger partial charge in [-0.05, 0) is 148 Å². The van der Waals surface area contributed by atoms with Gasteiger partial charge in [0.2, 0.25) is 0 Å². The molecule has 17 nitrogen and oxygen atoms in total. The second-order valence-corrected chi connectivity index (χ2v) is 29.5. The number of phosphoric ester groups is 2. The van der Waals surface area contributed by atoms with Crippen LogP contribution in [-0.4, -0.2) is 96.7 Å². The number of aliphatic hydroxyl groups excluding tert-OH is 1. The first-order valence-electron chi connectivity index (χ1n) is 41.3. The van der Waals surface area contributed by atoms with Crippen LogP contribution in [0, 0.1) is 0 Å². The Hall–Kier alpha value is -6.36. The minimum Gasteiger partial charge on any atom is -0.462 e. The normalized spacial score (nSPS) is 14.9. The van der Waals surface area contributed by atoms with Gasteiger partial charge in [0, 0.05) is 25.7 Å². The number of aliphatic hydroxyl groups is 1. The number of ether oxygens (including phenoxy) is 4. The van der Waals surface area contributed by atoms with Gasteiger partial charge < -0.3 is 33.8 Å². The summed E-state index contributed by atoms with van der Waals surface area (Å²) in [6, 6.07) is 0. The Morgan fingerprint density at radius 1 is 0.264 bits per heavy atom. The first kappa shape index (κ1) is 104. The summed E-state index contributed by atoms with van der Waals surface area (Å²) in [4.78, 5) is 73.1. The lowest BCUT2D eigenvalue weighted by atomic mass is 10.0. The second kappa shape index (κ2) is 80.7. The molecule has 0 spiro atoms. The molecule has 0 rings (SSSR count). The fourth-order valence-corrected chi connectivity index (χ4v) is 11.7. The first-order valence-corrected chi connectivity index (χ1v) is 44.3. The van der Waals surface area contributed by atoms with Crippen LogP contribution in [-0.2, 0) is 65.4 Å². The van der Waals surface area contributed by atoms with Crippen molar-refractivity contribution < 1.29 is 80.2 Å².